The Kier molecular flexibility index (Phi) is 3.57. The van der Waals surface area contributed by atoms with E-state index in [9.17, 15) is 4.39 Å². The number of benzene rings is 1. The van der Waals surface area contributed by atoms with E-state index in [2.05, 4.69) is 11.8 Å². The normalized spacial score (nSPS) is 13.2. The zero-order chi connectivity index (χ0) is 13.3. The standard InChI is InChI=1S/C14H19FN2O/c1-10(16(2)3)9-17-6-5-11-7-12(18-4)8-13(15)14(11)17/h5-8,10H,9H2,1-4H3/t10-/m1/s1. The second-order valence-corrected chi connectivity index (χ2v) is 4.83. The molecule has 0 saturated carbocycles. The number of methoxy groups -OCH3 is 1. The third kappa shape index (κ3) is 2.34. The predicted molar refractivity (Wildman–Crippen MR) is 71.6 cm³/mol. The number of likely N-dealkylation sites (N-methyl/N-ethyl adjacent to an activating group) is 1. The molecule has 0 unspecified atom stereocenters. The van der Waals surface area contributed by atoms with Crippen molar-refractivity contribution in [2.24, 2.45) is 0 Å². The van der Waals surface area contributed by atoms with Crippen LogP contribution in [0.2, 0.25) is 0 Å². The van der Waals surface area contributed by atoms with Crippen LogP contribution in [-0.4, -0.2) is 36.7 Å². The van der Waals surface area contributed by atoms with E-state index in [0.29, 0.717) is 17.3 Å². The number of hydrogen-bond acceptors (Lipinski definition) is 2. The van der Waals surface area contributed by atoms with Gasteiger partial charge in [0.05, 0.1) is 12.6 Å². The molecular weight excluding hydrogens is 231 g/mol. The first kappa shape index (κ1) is 12.9. The Morgan fingerprint density at radius 1 is 1.39 bits per heavy atom. The van der Waals surface area contributed by atoms with E-state index in [1.807, 2.05) is 37.0 Å². The van der Waals surface area contributed by atoms with Gasteiger partial charge in [0.2, 0.25) is 0 Å². The molecular formula is C14H19FN2O. The van der Waals surface area contributed by atoms with E-state index in [1.165, 1.54) is 6.07 Å². The minimum Gasteiger partial charge on any atom is -0.497 e. The van der Waals surface area contributed by atoms with Crippen LogP contribution in [0.4, 0.5) is 4.39 Å². The van der Waals surface area contributed by atoms with Crippen molar-refractivity contribution >= 4 is 10.9 Å². The number of ether oxygens (including phenoxy) is 1. The Labute approximate surface area is 107 Å². The summed E-state index contributed by atoms with van der Waals surface area (Å²) < 4.78 is 21.1. The van der Waals surface area contributed by atoms with Crippen molar-refractivity contribution in [3.63, 3.8) is 0 Å². The molecule has 0 fully saturated rings. The van der Waals surface area contributed by atoms with Gasteiger partial charge in [0.15, 0.2) is 5.82 Å². The summed E-state index contributed by atoms with van der Waals surface area (Å²) in [5.74, 6) is 0.318. The highest BCUT2D eigenvalue weighted by Crippen LogP contribution is 2.25. The van der Waals surface area contributed by atoms with Crippen LogP contribution in [0.15, 0.2) is 24.4 Å². The summed E-state index contributed by atoms with van der Waals surface area (Å²) in [4.78, 5) is 2.12. The van der Waals surface area contributed by atoms with Crippen LogP contribution in [0.3, 0.4) is 0 Å². The van der Waals surface area contributed by atoms with Gasteiger partial charge in [-0.3, -0.25) is 0 Å². The molecule has 1 aromatic heterocycles. The molecule has 1 heterocycles. The van der Waals surface area contributed by atoms with Gasteiger partial charge in [0, 0.05) is 30.2 Å². The first-order valence-corrected chi connectivity index (χ1v) is 6.01. The third-order valence-electron chi connectivity index (χ3n) is 3.37. The first-order valence-electron chi connectivity index (χ1n) is 6.01. The number of nitrogens with zero attached hydrogens (tertiary/aromatic N) is 2. The largest absolute Gasteiger partial charge is 0.497 e. The molecule has 0 spiro atoms. The van der Waals surface area contributed by atoms with E-state index in [-0.39, 0.29) is 5.82 Å². The maximum Gasteiger partial charge on any atom is 0.151 e. The summed E-state index contributed by atoms with van der Waals surface area (Å²) in [5.41, 5.74) is 0.643. The zero-order valence-corrected chi connectivity index (χ0v) is 11.3. The van der Waals surface area contributed by atoms with Gasteiger partial charge in [0.25, 0.3) is 0 Å². The molecule has 0 aliphatic heterocycles. The van der Waals surface area contributed by atoms with Crippen molar-refractivity contribution < 1.29 is 9.13 Å². The Bertz CT molecular complexity index is 548. The maximum atomic E-state index is 14.1. The molecule has 0 radical (unpaired) electrons. The SMILES string of the molecule is COc1cc(F)c2c(ccn2C[C@@H](C)N(C)C)c1. The van der Waals surface area contributed by atoms with E-state index < -0.39 is 0 Å². The van der Waals surface area contributed by atoms with Crippen LogP contribution in [0.1, 0.15) is 6.92 Å². The smallest absolute Gasteiger partial charge is 0.151 e. The number of rotatable bonds is 4. The molecule has 1 aromatic carbocycles. The lowest BCUT2D eigenvalue weighted by molar-refractivity contribution is 0.286. The molecule has 18 heavy (non-hydrogen) atoms. The Hall–Kier alpha value is -1.55. The second-order valence-electron chi connectivity index (χ2n) is 4.83. The summed E-state index contributed by atoms with van der Waals surface area (Å²) >= 11 is 0. The van der Waals surface area contributed by atoms with Crippen molar-refractivity contribution in [2.45, 2.75) is 19.5 Å². The first-order chi connectivity index (χ1) is 8.52. The van der Waals surface area contributed by atoms with Gasteiger partial charge in [-0.2, -0.15) is 0 Å². The van der Waals surface area contributed by atoms with Gasteiger partial charge < -0.3 is 14.2 Å². The van der Waals surface area contributed by atoms with Gasteiger partial charge in [0.1, 0.15) is 5.75 Å². The number of aromatic nitrogens is 1. The number of halogens is 1. The number of hydrogen-bond donors (Lipinski definition) is 0. The van der Waals surface area contributed by atoms with Crippen LogP contribution >= 0.6 is 0 Å². The van der Waals surface area contributed by atoms with Crippen molar-refractivity contribution in [1.29, 1.82) is 0 Å². The fourth-order valence-corrected chi connectivity index (χ4v) is 1.99. The van der Waals surface area contributed by atoms with Crippen LogP contribution < -0.4 is 4.74 Å². The van der Waals surface area contributed by atoms with E-state index >= 15 is 0 Å². The molecule has 3 nitrogen and oxygen atoms in total. The summed E-state index contributed by atoms with van der Waals surface area (Å²) in [6, 6.07) is 5.56. The van der Waals surface area contributed by atoms with Gasteiger partial charge in [-0.1, -0.05) is 0 Å². The molecule has 0 N–H and O–H groups in total. The lowest BCUT2D eigenvalue weighted by Gasteiger charge is -2.20. The summed E-state index contributed by atoms with van der Waals surface area (Å²) in [6.45, 7) is 2.88. The molecule has 0 saturated heterocycles. The van der Waals surface area contributed by atoms with E-state index in [0.717, 1.165) is 11.9 Å². The monoisotopic (exact) mass is 250 g/mol. The van der Waals surface area contributed by atoms with Gasteiger partial charge >= 0.3 is 0 Å². The van der Waals surface area contributed by atoms with Crippen LogP contribution in [-0.2, 0) is 6.54 Å². The van der Waals surface area contributed by atoms with Crippen molar-refractivity contribution in [1.82, 2.24) is 9.47 Å². The van der Waals surface area contributed by atoms with Gasteiger partial charge in [-0.05, 0) is 33.2 Å². The lowest BCUT2D eigenvalue weighted by atomic mass is 10.2. The molecule has 98 valence electrons. The second kappa shape index (κ2) is 4.98. The summed E-state index contributed by atoms with van der Waals surface area (Å²) in [5, 5.41) is 0.873. The fraction of sp³-hybridized carbons (Fsp3) is 0.429. The number of fused-ring (bicyclic) bond motifs is 1. The van der Waals surface area contributed by atoms with Crippen LogP contribution in [0.5, 0.6) is 5.75 Å². The fourth-order valence-electron chi connectivity index (χ4n) is 1.99. The molecule has 0 amide bonds. The molecule has 2 aromatic rings. The predicted octanol–water partition coefficient (Wildman–Crippen LogP) is 2.74. The molecule has 2 rings (SSSR count). The Morgan fingerprint density at radius 2 is 2.11 bits per heavy atom. The van der Waals surface area contributed by atoms with Crippen LogP contribution in [0, 0.1) is 5.82 Å². The quantitative estimate of drug-likeness (QED) is 0.830. The highest BCUT2D eigenvalue weighted by molar-refractivity contribution is 5.82. The van der Waals surface area contributed by atoms with Crippen molar-refractivity contribution in [3.05, 3.63) is 30.2 Å². The average molecular weight is 250 g/mol. The Morgan fingerprint density at radius 3 is 2.72 bits per heavy atom. The van der Waals surface area contributed by atoms with Gasteiger partial charge in [-0.15, -0.1) is 0 Å². The lowest BCUT2D eigenvalue weighted by Crippen LogP contribution is -2.29. The van der Waals surface area contributed by atoms with Gasteiger partial charge in [-0.25, -0.2) is 4.39 Å². The summed E-state index contributed by atoms with van der Waals surface area (Å²) in [7, 11) is 5.59. The third-order valence-corrected chi connectivity index (χ3v) is 3.37. The maximum absolute atomic E-state index is 14.1. The van der Waals surface area contributed by atoms with Crippen LogP contribution in [0.25, 0.3) is 10.9 Å². The molecule has 0 bridgehead atoms. The van der Waals surface area contributed by atoms with E-state index in [4.69, 9.17) is 4.74 Å². The minimum atomic E-state index is -0.236. The Balaban J connectivity index is 2.41. The van der Waals surface area contributed by atoms with Crippen molar-refractivity contribution in [3.8, 4) is 5.75 Å². The average Bonchev–Trinajstić information content (AvgIpc) is 2.72. The topological polar surface area (TPSA) is 17.4 Å². The minimum absolute atomic E-state index is 0.236. The molecule has 0 aliphatic carbocycles. The van der Waals surface area contributed by atoms with Crippen molar-refractivity contribution in [2.75, 3.05) is 21.2 Å². The molecule has 0 aliphatic rings. The molecule has 4 heteroatoms. The highest BCUT2D eigenvalue weighted by atomic mass is 19.1. The van der Waals surface area contributed by atoms with E-state index in [1.54, 1.807) is 7.11 Å². The molecule has 1 atom stereocenters. The zero-order valence-electron chi connectivity index (χ0n) is 11.3. The summed E-state index contributed by atoms with van der Waals surface area (Å²) in [6.07, 6.45) is 1.92. The highest BCUT2D eigenvalue weighted by Gasteiger charge is 2.12.